The van der Waals surface area contributed by atoms with Gasteiger partial charge in [0.2, 0.25) is 10.0 Å². The van der Waals surface area contributed by atoms with Gasteiger partial charge in [-0.3, -0.25) is 4.79 Å². The van der Waals surface area contributed by atoms with E-state index in [1.807, 2.05) is 0 Å². The van der Waals surface area contributed by atoms with Gasteiger partial charge in [0, 0.05) is 11.6 Å². The molecule has 0 saturated carbocycles. The van der Waals surface area contributed by atoms with Gasteiger partial charge in [0.05, 0.1) is 17.7 Å². The first-order chi connectivity index (χ1) is 11.2. The number of carboxylic acid groups (broad SMARTS) is 1. The van der Waals surface area contributed by atoms with Gasteiger partial charge in [-0.2, -0.15) is 4.31 Å². The number of hydrogen-bond donors (Lipinski definition) is 1. The van der Waals surface area contributed by atoms with E-state index in [1.54, 1.807) is 0 Å². The minimum atomic E-state index is -4.33. The van der Waals surface area contributed by atoms with E-state index in [2.05, 4.69) is 4.74 Å². The van der Waals surface area contributed by atoms with E-state index in [9.17, 15) is 23.1 Å². The van der Waals surface area contributed by atoms with E-state index in [4.69, 9.17) is 23.2 Å². The summed E-state index contributed by atoms with van der Waals surface area (Å²) in [6.45, 7) is 0.0267. The normalized spacial score (nSPS) is 19.0. The quantitative estimate of drug-likeness (QED) is 0.785. The van der Waals surface area contributed by atoms with Gasteiger partial charge in [-0.15, -0.1) is 0 Å². The second-order valence-corrected chi connectivity index (χ2v) is 7.89. The number of halogens is 2. The third kappa shape index (κ3) is 3.51. The summed E-state index contributed by atoms with van der Waals surface area (Å²) < 4.78 is 31.5. The number of ether oxygens (including phenoxy) is 1. The smallest absolute Gasteiger partial charge is 0.339 e. The number of aliphatic carboxylic acids is 1. The van der Waals surface area contributed by atoms with Crippen LogP contribution in [0.2, 0.25) is 10.0 Å². The first-order valence-corrected chi connectivity index (χ1v) is 9.21. The Bertz CT molecular complexity index is 780. The van der Waals surface area contributed by atoms with Gasteiger partial charge in [-0.25, -0.2) is 13.2 Å². The van der Waals surface area contributed by atoms with Crippen LogP contribution in [0.5, 0.6) is 0 Å². The van der Waals surface area contributed by atoms with E-state index in [1.165, 1.54) is 6.07 Å². The molecule has 0 bridgehead atoms. The molecule has 1 aliphatic heterocycles. The highest BCUT2D eigenvalue weighted by Crippen LogP contribution is 2.34. The number of carbonyl (C=O) groups is 2. The molecule has 0 amide bonds. The molecule has 1 aromatic rings. The molecule has 1 heterocycles. The standard InChI is InChI=1S/C14H15Cl2NO6S/c1-23-14(20)9-6-8(15)7-10(16)12(9)24(21,22)17-5-3-2-4-11(17)13(18)19/h6-7,11H,2-5H2,1H3,(H,18,19). The molecule has 132 valence electrons. The predicted octanol–water partition coefficient (Wildman–Crippen LogP) is 2.41. The monoisotopic (exact) mass is 395 g/mol. The molecule has 24 heavy (non-hydrogen) atoms. The maximum atomic E-state index is 13.0. The van der Waals surface area contributed by atoms with E-state index >= 15 is 0 Å². The van der Waals surface area contributed by atoms with Crippen LogP contribution in [0, 0.1) is 0 Å². The third-order valence-electron chi connectivity index (χ3n) is 3.72. The number of esters is 1. The molecule has 1 saturated heterocycles. The van der Waals surface area contributed by atoms with Crippen molar-refractivity contribution in [1.82, 2.24) is 4.31 Å². The highest BCUT2D eigenvalue weighted by Gasteiger charge is 2.40. The molecule has 1 aromatic carbocycles. The first kappa shape index (κ1) is 19.0. The SMILES string of the molecule is COC(=O)c1cc(Cl)cc(Cl)c1S(=O)(=O)N1CCCCC1C(=O)O. The summed E-state index contributed by atoms with van der Waals surface area (Å²) in [6.07, 6.45) is 1.30. The number of carbonyl (C=O) groups excluding carboxylic acids is 1. The zero-order valence-electron chi connectivity index (χ0n) is 12.7. The Morgan fingerprint density at radius 3 is 2.54 bits per heavy atom. The van der Waals surface area contributed by atoms with Crippen LogP contribution in [-0.2, 0) is 19.6 Å². The minimum absolute atomic E-state index is 0.0267. The lowest BCUT2D eigenvalue weighted by atomic mass is 10.1. The third-order valence-corrected chi connectivity index (χ3v) is 6.36. The van der Waals surface area contributed by atoms with Crippen molar-refractivity contribution in [2.24, 2.45) is 0 Å². The van der Waals surface area contributed by atoms with Gasteiger partial charge in [0.25, 0.3) is 0 Å². The minimum Gasteiger partial charge on any atom is -0.480 e. The van der Waals surface area contributed by atoms with Crippen molar-refractivity contribution in [2.45, 2.75) is 30.2 Å². The molecule has 1 unspecified atom stereocenters. The highest BCUT2D eigenvalue weighted by molar-refractivity contribution is 7.89. The molecule has 2 rings (SSSR count). The maximum Gasteiger partial charge on any atom is 0.339 e. The molecule has 10 heteroatoms. The van der Waals surface area contributed by atoms with Crippen LogP contribution in [0.1, 0.15) is 29.6 Å². The van der Waals surface area contributed by atoms with E-state index in [0.29, 0.717) is 12.8 Å². The molecule has 0 spiro atoms. The lowest BCUT2D eigenvalue weighted by molar-refractivity contribution is -0.142. The summed E-state index contributed by atoms with van der Waals surface area (Å²) >= 11 is 11.9. The van der Waals surface area contributed by atoms with Crippen LogP contribution in [0.25, 0.3) is 0 Å². The Balaban J connectivity index is 2.64. The molecule has 1 atom stereocenters. The summed E-state index contributed by atoms with van der Waals surface area (Å²) in [4.78, 5) is 22.9. The number of nitrogens with zero attached hydrogens (tertiary/aromatic N) is 1. The Morgan fingerprint density at radius 1 is 1.29 bits per heavy atom. The van der Waals surface area contributed by atoms with Crippen molar-refractivity contribution in [3.63, 3.8) is 0 Å². The fourth-order valence-corrected chi connectivity index (χ4v) is 5.29. The van der Waals surface area contributed by atoms with Gasteiger partial charge < -0.3 is 9.84 Å². The molecular weight excluding hydrogens is 381 g/mol. The molecule has 7 nitrogen and oxygen atoms in total. The molecule has 1 N–H and O–H groups in total. The fourth-order valence-electron chi connectivity index (χ4n) is 2.64. The van der Waals surface area contributed by atoms with Crippen LogP contribution in [0.15, 0.2) is 17.0 Å². The Labute approximate surface area is 149 Å². The number of carboxylic acids is 1. The van der Waals surface area contributed by atoms with Gasteiger partial charge in [0.1, 0.15) is 10.9 Å². The molecule has 1 fully saturated rings. The lowest BCUT2D eigenvalue weighted by Gasteiger charge is -2.32. The van der Waals surface area contributed by atoms with Crippen molar-refractivity contribution in [1.29, 1.82) is 0 Å². The Morgan fingerprint density at radius 2 is 1.96 bits per heavy atom. The number of rotatable bonds is 4. The van der Waals surface area contributed by atoms with Crippen molar-refractivity contribution < 1.29 is 27.9 Å². The summed E-state index contributed by atoms with van der Waals surface area (Å²) in [5, 5.41) is 9.10. The van der Waals surface area contributed by atoms with Crippen molar-refractivity contribution >= 4 is 45.2 Å². The van der Waals surface area contributed by atoms with Gasteiger partial charge in [-0.1, -0.05) is 23.2 Å². The number of hydrogen-bond acceptors (Lipinski definition) is 5. The molecular formula is C14H15Cl2NO6S. The summed E-state index contributed by atoms with van der Waals surface area (Å²) in [5.41, 5.74) is -0.329. The van der Waals surface area contributed by atoms with Crippen LogP contribution in [-0.4, -0.2) is 49.5 Å². The predicted molar refractivity (Wildman–Crippen MR) is 87.0 cm³/mol. The van der Waals surface area contributed by atoms with Crippen molar-refractivity contribution in [2.75, 3.05) is 13.7 Å². The molecule has 0 aliphatic carbocycles. The second kappa shape index (κ2) is 7.26. The van der Waals surface area contributed by atoms with Gasteiger partial charge in [0.15, 0.2) is 0 Å². The first-order valence-electron chi connectivity index (χ1n) is 7.02. The number of benzene rings is 1. The summed E-state index contributed by atoms with van der Waals surface area (Å²) in [7, 11) is -3.24. The van der Waals surface area contributed by atoms with Crippen LogP contribution in [0.4, 0.5) is 0 Å². The molecule has 0 radical (unpaired) electrons. The average molecular weight is 396 g/mol. The average Bonchev–Trinajstić information content (AvgIpc) is 2.52. The largest absolute Gasteiger partial charge is 0.480 e. The van der Waals surface area contributed by atoms with Crippen LogP contribution >= 0.6 is 23.2 Å². The van der Waals surface area contributed by atoms with Crippen molar-refractivity contribution in [3.05, 3.63) is 27.7 Å². The second-order valence-electron chi connectivity index (χ2n) is 5.22. The zero-order valence-corrected chi connectivity index (χ0v) is 15.0. The lowest BCUT2D eigenvalue weighted by Crippen LogP contribution is -2.48. The maximum absolute atomic E-state index is 13.0. The van der Waals surface area contributed by atoms with Crippen LogP contribution < -0.4 is 0 Å². The zero-order chi connectivity index (χ0) is 18.1. The van der Waals surface area contributed by atoms with Gasteiger partial charge in [-0.05, 0) is 31.4 Å². The van der Waals surface area contributed by atoms with E-state index in [-0.39, 0.29) is 28.6 Å². The summed E-state index contributed by atoms with van der Waals surface area (Å²) in [5.74, 6) is -2.18. The number of piperidine rings is 1. The Hall–Kier alpha value is -1.35. The van der Waals surface area contributed by atoms with Gasteiger partial charge >= 0.3 is 11.9 Å². The van der Waals surface area contributed by atoms with Crippen LogP contribution in [0.3, 0.4) is 0 Å². The highest BCUT2D eigenvalue weighted by atomic mass is 35.5. The Kier molecular flexibility index (Phi) is 5.74. The number of sulfonamides is 1. The topological polar surface area (TPSA) is 101 Å². The van der Waals surface area contributed by atoms with E-state index < -0.39 is 32.9 Å². The van der Waals surface area contributed by atoms with Crippen molar-refractivity contribution in [3.8, 4) is 0 Å². The fraction of sp³-hybridized carbons (Fsp3) is 0.429. The van der Waals surface area contributed by atoms with E-state index in [0.717, 1.165) is 17.5 Å². The summed E-state index contributed by atoms with van der Waals surface area (Å²) in [6, 6.07) is 1.11. The number of methoxy groups -OCH3 is 1. The molecule has 0 aromatic heterocycles. The molecule has 1 aliphatic rings.